The number of carboxylic acids is 2. The Kier molecular flexibility index (Phi) is 6.15. The summed E-state index contributed by atoms with van der Waals surface area (Å²) in [6.07, 6.45) is 0. The predicted molar refractivity (Wildman–Crippen MR) is 99.0 cm³/mol. The van der Waals surface area contributed by atoms with Gasteiger partial charge in [-0.15, -0.1) is 20.4 Å². The van der Waals surface area contributed by atoms with Crippen molar-refractivity contribution in [2.24, 2.45) is 0 Å². The van der Waals surface area contributed by atoms with E-state index in [1.807, 2.05) is 18.2 Å². The number of benzene rings is 2. The third kappa shape index (κ3) is 5.59. The van der Waals surface area contributed by atoms with Gasteiger partial charge in [0.2, 0.25) is 11.6 Å². The minimum absolute atomic E-state index is 0.0771. The summed E-state index contributed by atoms with van der Waals surface area (Å²) >= 11 is 0. The summed E-state index contributed by atoms with van der Waals surface area (Å²) in [5, 5.41) is 33.9. The largest absolute Gasteiger partial charge is 0.480 e. The second kappa shape index (κ2) is 8.93. The van der Waals surface area contributed by atoms with Crippen molar-refractivity contribution in [2.75, 3.05) is 13.1 Å². The number of rotatable bonds is 8. The molecule has 0 bridgehead atoms. The standard InChI is InChI=1S/C19H16FN5O4/c20-15-7-12(9-25(10-16(26)27)11-17(28)29)6-14(8-15)19-23-21-18(22-24-19)13-4-2-1-3-5-13/h1-8H,9-11H2,(H,26,27)(H,28,29)/i20-1. The van der Waals surface area contributed by atoms with Crippen LogP contribution in [0.1, 0.15) is 5.56 Å². The molecule has 1 heterocycles. The summed E-state index contributed by atoms with van der Waals surface area (Å²) in [5.41, 5.74) is 1.40. The molecule has 29 heavy (non-hydrogen) atoms. The second-order valence-electron chi connectivity index (χ2n) is 6.19. The molecule has 0 aliphatic heterocycles. The Labute approximate surface area is 164 Å². The highest BCUT2D eigenvalue weighted by Gasteiger charge is 2.16. The molecule has 0 aliphatic rings. The molecule has 148 valence electrons. The van der Waals surface area contributed by atoms with Crippen molar-refractivity contribution in [3.05, 3.63) is 59.9 Å². The molecule has 0 radical (unpaired) electrons. The Morgan fingerprint density at radius 3 is 1.93 bits per heavy atom. The fraction of sp³-hybridized carbons (Fsp3) is 0.158. The van der Waals surface area contributed by atoms with E-state index in [1.165, 1.54) is 17.0 Å². The number of halogens is 1. The van der Waals surface area contributed by atoms with Crippen molar-refractivity contribution in [2.45, 2.75) is 6.54 Å². The highest BCUT2D eigenvalue weighted by Crippen LogP contribution is 2.20. The number of nitrogens with zero attached hydrogens (tertiary/aromatic N) is 5. The summed E-state index contributed by atoms with van der Waals surface area (Å²) in [4.78, 5) is 23.0. The van der Waals surface area contributed by atoms with E-state index < -0.39 is 30.8 Å². The normalized spacial score (nSPS) is 10.8. The van der Waals surface area contributed by atoms with Crippen LogP contribution in [0, 0.1) is 5.82 Å². The smallest absolute Gasteiger partial charge is 0.317 e. The van der Waals surface area contributed by atoms with Gasteiger partial charge in [0.05, 0.1) is 13.1 Å². The molecule has 0 atom stereocenters. The van der Waals surface area contributed by atoms with E-state index in [9.17, 15) is 14.0 Å². The summed E-state index contributed by atoms with van der Waals surface area (Å²) in [7, 11) is 0. The molecule has 0 spiro atoms. The first-order chi connectivity index (χ1) is 13.9. The molecule has 3 rings (SSSR count). The topological polar surface area (TPSA) is 129 Å². The van der Waals surface area contributed by atoms with Crippen molar-refractivity contribution < 1.29 is 24.2 Å². The zero-order chi connectivity index (χ0) is 20.8. The van der Waals surface area contributed by atoms with Crippen LogP contribution in [0.3, 0.4) is 0 Å². The third-order valence-corrected chi connectivity index (χ3v) is 3.85. The molecule has 2 N–H and O–H groups in total. The molecule has 10 heteroatoms. The van der Waals surface area contributed by atoms with Gasteiger partial charge >= 0.3 is 11.9 Å². The number of aliphatic carboxylic acids is 2. The number of carbonyl (C=O) groups is 2. The minimum Gasteiger partial charge on any atom is -0.480 e. The van der Waals surface area contributed by atoms with Gasteiger partial charge < -0.3 is 10.2 Å². The van der Waals surface area contributed by atoms with E-state index in [4.69, 9.17) is 10.2 Å². The zero-order valence-corrected chi connectivity index (χ0v) is 15.1. The molecule has 0 saturated carbocycles. The molecule has 0 amide bonds. The lowest BCUT2D eigenvalue weighted by Gasteiger charge is -2.18. The second-order valence-corrected chi connectivity index (χ2v) is 6.19. The molecule has 0 fully saturated rings. The lowest BCUT2D eigenvalue weighted by molar-refractivity contribution is -0.142. The van der Waals surface area contributed by atoms with E-state index >= 15 is 0 Å². The van der Waals surface area contributed by atoms with Gasteiger partial charge in [-0.2, -0.15) is 0 Å². The van der Waals surface area contributed by atoms with Crippen LogP contribution < -0.4 is 0 Å². The van der Waals surface area contributed by atoms with Crippen molar-refractivity contribution in [1.82, 2.24) is 25.3 Å². The van der Waals surface area contributed by atoms with E-state index in [-0.39, 0.29) is 12.4 Å². The number of aromatic nitrogens is 4. The van der Waals surface area contributed by atoms with Gasteiger partial charge in [-0.1, -0.05) is 30.3 Å². The van der Waals surface area contributed by atoms with Crippen LogP contribution in [0.2, 0.25) is 0 Å². The van der Waals surface area contributed by atoms with Crippen LogP contribution in [-0.2, 0) is 16.1 Å². The molecule has 0 aliphatic carbocycles. The van der Waals surface area contributed by atoms with Crippen LogP contribution in [0.15, 0.2) is 48.5 Å². The van der Waals surface area contributed by atoms with Gasteiger partial charge in [-0.05, 0) is 23.8 Å². The van der Waals surface area contributed by atoms with Gasteiger partial charge in [0, 0.05) is 17.7 Å². The zero-order valence-electron chi connectivity index (χ0n) is 15.1. The first-order valence-electron chi connectivity index (χ1n) is 8.49. The van der Waals surface area contributed by atoms with Gasteiger partial charge in [0.15, 0.2) is 0 Å². The van der Waals surface area contributed by atoms with Gasteiger partial charge in [-0.25, -0.2) is 4.39 Å². The molecular weight excluding hydrogens is 380 g/mol. The highest BCUT2D eigenvalue weighted by molar-refractivity contribution is 5.72. The SMILES string of the molecule is O=C(O)CN(CC(=O)O)Cc1cc([18F])cc(-c2nnc(-c3ccccc3)nn2)c1. The average Bonchev–Trinajstić information content (AvgIpc) is 2.67. The first kappa shape index (κ1) is 20.0. The summed E-state index contributed by atoms with van der Waals surface area (Å²) in [6, 6.07) is 13.0. The molecular formula is C19H16FN5O4. The lowest BCUT2D eigenvalue weighted by Crippen LogP contribution is -2.34. The molecule has 9 nitrogen and oxygen atoms in total. The van der Waals surface area contributed by atoms with Crippen molar-refractivity contribution in [1.29, 1.82) is 0 Å². The Morgan fingerprint density at radius 1 is 0.828 bits per heavy atom. The molecule has 2 aromatic carbocycles. The van der Waals surface area contributed by atoms with Crippen LogP contribution in [0.25, 0.3) is 22.8 Å². The number of hydrogen-bond donors (Lipinski definition) is 2. The lowest BCUT2D eigenvalue weighted by atomic mass is 10.1. The Morgan fingerprint density at radius 2 is 1.38 bits per heavy atom. The Balaban J connectivity index is 1.84. The van der Waals surface area contributed by atoms with Crippen LogP contribution in [-0.4, -0.2) is 60.5 Å². The maximum absolute atomic E-state index is 14.1. The van der Waals surface area contributed by atoms with E-state index in [2.05, 4.69) is 20.4 Å². The number of hydrogen-bond acceptors (Lipinski definition) is 7. The van der Waals surface area contributed by atoms with E-state index in [1.54, 1.807) is 18.2 Å². The number of carboxylic acid groups (broad SMARTS) is 2. The fourth-order valence-corrected chi connectivity index (χ4v) is 2.73. The Hall–Kier alpha value is -3.79. The summed E-state index contributed by atoms with van der Waals surface area (Å²) in [6.45, 7) is -1.07. The van der Waals surface area contributed by atoms with E-state index in [0.29, 0.717) is 17.0 Å². The molecule has 3 aromatic rings. The maximum Gasteiger partial charge on any atom is 0.317 e. The minimum atomic E-state index is -1.18. The fourth-order valence-electron chi connectivity index (χ4n) is 2.73. The van der Waals surface area contributed by atoms with Crippen LogP contribution in [0.5, 0.6) is 0 Å². The average molecular weight is 396 g/mol. The third-order valence-electron chi connectivity index (χ3n) is 3.85. The predicted octanol–water partition coefficient (Wildman–Crippen LogP) is 1.71. The molecule has 1 aromatic heterocycles. The first-order valence-corrected chi connectivity index (χ1v) is 8.49. The van der Waals surface area contributed by atoms with Gasteiger partial charge in [0.1, 0.15) is 5.82 Å². The molecule has 0 saturated heterocycles. The van der Waals surface area contributed by atoms with Gasteiger partial charge in [-0.3, -0.25) is 14.5 Å². The van der Waals surface area contributed by atoms with Crippen molar-refractivity contribution in [3.63, 3.8) is 0 Å². The monoisotopic (exact) mass is 396 g/mol. The van der Waals surface area contributed by atoms with Crippen LogP contribution in [0.4, 0.5) is 4.39 Å². The van der Waals surface area contributed by atoms with Crippen molar-refractivity contribution >= 4 is 11.9 Å². The highest BCUT2D eigenvalue weighted by atomic mass is 18.2. The van der Waals surface area contributed by atoms with Crippen LogP contribution >= 0.6 is 0 Å². The quantitative estimate of drug-likeness (QED) is 0.584. The maximum atomic E-state index is 14.1. The summed E-state index contributed by atoms with van der Waals surface area (Å²) in [5.74, 6) is -2.56. The van der Waals surface area contributed by atoms with Gasteiger partial charge in [0.25, 0.3) is 0 Å². The van der Waals surface area contributed by atoms with Crippen molar-refractivity contribution in [3.8, 4) is 22.8 Å². The molecule has 0 unspecified atom stereocenters. The summed E-state index contributed by atoms with van der Waals surface area (Å²) < 4.78 is 14.1. The van der Waals surface area contributed by atoms with E-state index in [0.717, 1.165) is 5.56 Å². The Bertz CT molecular complexity index is 999.